The van der Waals surface area contributed by atoms with E-state index in [0.29, 0.717) is 0 Å². The Morgan fingerprint density at radius 3 is 2.92 bits per heavy atom. The molecular weight excluding hydrogens is 152 g/mol. The Balaban J connectivity index is 1.95. The number of hydrogen-bond acceptors (Lipinski definition) is 3. The number of anilines is 1. The van der Waals surface area contributed by atoms with Crippen LogP contribution < -0.4 is 5.43 Å². The summed E-state index contributed by atoms with van der Waals surface area (Å²) in [6.07, 6.45) is 7.25. The molecule has 1 saturated carbocycles. The van der Waals surface area contributed by atoms with Crippen LogP contribution >= 0.6 is 0 Å². The Hall–Kier alpha value is -1.32. The maximum absolute atomic E-state index is 4.23. The lowest BCUT2D eigenvalue weighted by Gasteiger charge is -2.13. The van der Waals surface area contributed by atoms with Crippen molar-refractivity contribution in [2.45, 2.75) is 19.3 Å². The Bertz CT molecular complexity index is 294. The van der Waals surface area contributed by atoms with E-state index in [0.717, 1.165) is 18.5 Å². The second-order valence-corrected chi connectivity index (χ2v) is 3.05. The van der Waals surface area contributed by atoms with Gasteiger partial charge in [-0.3, -0.25) is 10.1 Å². The average Bonchev–Trinajstić information content (AvgIpc) is 2.32. The van der Waals surface area contributed by atoms with Gasteiger partial charge in [0.1, 0.15) is 0 Å². The molecule has 0 atom stereocenters. The van der Waals surface area contributed by atoms with Gasteiger partial charge in [0.2, 0.25) is 0 Å². The van der Waals surface area contributed by atoms with Gasteiger partial charge < -0.3 is 0 Å². The van der Waals surface area contributed by atoms with Gasteiger partial charge in [0.05, 0.1) is 11.9 Å². The molecule has 0 aliphatic heterocycles. The number of rotatable bonds is 2. The van der Waals surface area contributed by atoms with E-state index in [1.54, 1.807) is 10.9 Å². The van der Waals surface area contributed by atoms with Crippen molar-refractivity contribution in [3.63, 3.8) is 0 Å². The number of nitrogens with one attached hydrogen (secondary N) is 1. The number of aromatic nitrogens is 2. The van der Waals surface area contributed by atoms with Gasteiger partial charge in [-0.05, 0) is 19.3 Å². The van der Waals surface area contributed by atoms with Crippen LogP contribution in [0.25, 0.3) is 0 Å². The monoisotopic (exact) mass is 164 g/mol. The van der Waals surface area contributed by atoms with Crippen molar-refractivity contribution in [3.8, 4) is 0 Å². The molecule has 4 heteroatoms. The highest BCUT2D eigenvalue weighted by molar-refractivity contribution is 5.89. The lowest BCUT2D eigenvalue weighted by molar-refractivity contribution is 0.768. The molecule has 0 amide bonds. The fraction of sp³-hybridized carbons (Fsp3) is 0.500. The second-order valence-electron chi connectivity index (χ2n) is 3.05. The Kier molecular flexibility index (Phi) is 1.81. The number of nitrogens with zero attached hydrogens (tertiary/aromatic N) is 3. The summed E-state index contributed by atoms with van der Waals surface area (Å²) in [7, 11) is 1.89. The van der Waals surface area contributed by atoms with Crippen LogP contribution in [0, 0.1) is 0 Å². The molecule has 0 saturated heterocycles. The van der Waals surface area contributed by atoms with E-state index in [4.69, 9.17) is 0 Å². The van der Waals surface area contributed by atoms with E-state index >= 15 is 0 Å². The normalized spacial score (nSPS) is 15.6. The van der Waals surface area contributed by atoms with Gasteiger partial charge in [0, 0.05) is 19.0 Å². The standard InChI is InChI=1S/C8H12N4/c1-12-6-8(5-9-12)11-10-7-3-2-4-7/h5-6,11H,2-4H2,1H3. The molecule has 0 spiro atoms. The quantitative estimate of drug-likeness (QED) is 0.671. The van der Waals surface area contributed by atoms with Gasteiger partial charge in [-0.2, -0.15) is 10.2 Å². The first-order valence-electron chi connectivity index (χ1n) is 4.15. The highest BCUT2D eigenvalue weighted by Crippen LogP contribution is 2.14. The van der Waals surface area contributed by atoms with E-state index < -0.39 is 0 Å². The molecule has 12 heavy (non-hydrogen) atoms. The van der Waals surface area contributed by atoms with Gasteiger partial charge in [0.25, 0.3) is 0 Å². The maximum atomic E-state index is 4.23. The van der Waals surface area contributed by atoms with Gasteiger partial charge in [-0.1, -0.05) is 0 Å². The molecule has 2 rings (SSSR count). The fourth-order valence-electron chi connectivity index (χ4n) is 1.07. The van der Waals surface area contributed by atoms with E-state index in [9.17, 15) is 0 Å². The summed E-state index contributed by atoms with van der Waals surface area (Å²) in [6, 6.07) is 0. The predicted octanol–water partition coefficient (Wildman–Crippen LogP) is 1.37. The first-order valence-corrected chi connectivity index (χ1v) is 4.15. The van der Waals surface area contributed by atoms with Crippen LogP contribution in [0.4, 0.5) is 5.69 Å². The van der Waals surface area contributed by atoms with E-state index in [-0.39, 0.29) is 0 Å². The third kappa shape index (κ3) is 1.47. The van der Waals surface area contributed by atoms with Crippen LogP contribution in [0.2, 0.25) is 0 Å². The molecule has 1 aliphatic rings. The minimum Gasteiger partial charge on any atom is -0.275 e. The van der Waals surface area contributed by atoms with Crippen molar-refractivity contribution in [1.29, 1.82) is 0 Å². The number of aryl methyl sites for hydroxylation is 1. The molecule has 1 N–H and O–H groups in total. The lowest BCUT2D eigenvalue weighted by atomic mass is 9.98. The van der Waals surface area contributed by atoms with Crippen molar-refractivity contribution in [1.82, 2.24) is 9.78 Å². The zero-order chi connectivity index (χ0) is 8.39. The van der Waals surface area contributed by atoms with Crippen molar-refractivity contribution in [3.05, 3.63) is 12.4 Å². The maximum Gasteiger partial charge on any atom is 0.0941 e. The predicted molar refractivity (Wildman–Crippen MR) is 48.1 cm³/mol. The Labute approximate surface area is 71.3 Å². The summed E-state index contributed by atoms with van der Waals surface area (Å²) in [5, 5.41) is 8.25. The van der Waals surface area contributed by atoms with Crippen molar-refractivity contribution in [2.75, 3.05) is 5.43 Å². The van der Waals surface area contributed by atoms with Crippen molar-refractivity contribution >= 4 is 11.4 Å². The lowest BCUT2D eigenvalue weighted by Crippen LogP contribution is -2.11. The Morgan fingerprint density at radius 1 is 1.58 bits per heavy atom. The smallest absolute Gasteiger partial charge is 0.0941 e. The molecule has 1 fully saturated rings. The molecule has 1 aromatic heterocycles. The molecule has 0 unspecified atom stereocenters. The Morgan fingerprint density at radius 2 is 2.42 bits per heavy atom. The molecule has 1 heterocycles. The van der Waals surface area contributed by atoms with E-state index in [2.05, 4.69) is 15.6 Å². The summed E-state index contributed by atoms with van der Waals surface area (Å²) < 4.78 is 1.75. The highest BCUT2D eigenvalue weighted by atomic mass is 15.3. The van der Waals surface area contributed by atoms with Crippen LogP contribution in [0.15, 0.2) is 17.5 Å². The third-order valence-corrected chi connectivity index (χ3v) is 1.98. The molecular formula is C8H12N4. The van der Waals surface area contributed by atoms with E-state index in [1.165, 1.54) is 12.1 Å². The zero-order valence-corrected chi connectivity index (χ0v) is 7.12. The highest BCUT2D eigenvalue weighted by Gasteiger charge is 2.09. The van der Waals surface area contributed by atoms with Gasteiger partial charge in [-0.25, -0.2) is 0 Å². The summed E-state index contributed by atoms with van der Waals surface area (Å²) in [6.45, 7) is 0. The van der Waals surface area contributed by atoms with Crippen LogP contribution in [-0.2, 0) is 7.05 Å². The van der Waals surface area contributed by atoms with Crippen LogP contribution in [-0.4, -0.2) is 15.5 Å². The van der Waals surface area contributed by atoms with E-state index in [1.807, 2.05) is 13.2 Å². The molecule has 4 nitrogen and oxygen atoms in total. The van der Waals surface area contributed by atoms with Gasteiger partial charge in [0.15, 0.2) is 0 Å². The fourth-order valence-corrected chi connectivity index (χ4v) is 1.07. The van der Waals surface area contributed by atoms with Gasteiger partial charge >= 0.3 is 0 Å². The average molecular weight is 164 g/mol. The zero-order valence-electron chi connectivity index (χ0n) is 7.12. The molecule has 0 bridgehead atoms. The minimum atomic E-state index is 0.955. The first kappa shape index (κ1) is 7.34. The number of hydrogen-bond donors (Lipinski definition) is 1. The van der Waals surface area contributed by atoms with Gasteiger partial charge in [-0.15, -0.1) is 0 Å². The second kappa shape index (κ2) is 2.97. The molecule has 64 valence electrons. The topological polar surface area (TPSA) is 42.2 Å². The molecule has 1 aliphatic carbocycles. The first-order chi connectivity index (χ1) is 5.84. The van der Waals surface area contributed by atoms with Crippen LogP contribution in [0.1, 0.15) is 19.3 Å². The van der Waals surface area contributed by atoms with Crippen molar-refractivity contribution in [2.24, 2.45) is 12.1 Å². The summed E-state index contributed by atoms with van der Waals surface area (Å²) in [4.78, 5) is 0. The summed E-state index contributed by atoms with van der Waals surface area (Å²) >= 11 is 0. The van der Waals surface area contributed by atoms with Crippen LogP contribution in [0.5, 0.6) is 0 Å². The van der Waals surface area contributed by atoms with Crippen molar-refractivity contribution < 1.29 is 0 Å². The molecule has 1 aromatic rings. The molecule has 0 aromatic carbocycles. The summed E-state index contributed by atoms with van der Waals surface area (Å²) in [5.41, 5.74) is 5.19. The minimum absolute atomic E-state index is 0.955. The number of hydrazone groups is 1. The summed E-state index contributed by atoms with van der Waals surface area (Å²) in [5.74, 6) is 0. The SMILES string of the molecule is Cn1cc(NN=C2CCC2)cn1. The third-order valence-electron chi connectivity index (χ3n) is 1.98. The molecule has 0 radical (unpaired) electrons. The van der Waals surface area contributed by atoms with Crippen LogP contribution in [0.3, 0.4) is 0 Å². The largest absolute Gasteiger partial charge is 0.275 e.